The Hall–Kier alpha value is -0.130. The lowest BCUT2D eigenvalue weighted by Gasteiger charge is -2.25. The quantitative estimate of drug-likeness (QED) is 0.652. The zero-order valence-corrected chi connectivity index (χ0v) is 12.3. The van der Waals surface area contributed by atoms with Gasteiger partial charge in [-0.1, -0.05) is 6.92 Å². The van der Waals surface area contributed by atoms with Crippen LogP contribution < -0.4 is 5.32 Å². The second kappa shape index (κ2) is 8.89. The molecule has 2 unspecified atom stereocenters. The topological polar surface area (TPSA) is 55.4 Å². The van der Waals surface area contributed by atoms with E-state index in [4.69, 9.17) is 4.74 Å². The summed E-state index contributed by atoms with van der Waals surface area (Å²) >= 11 is 0. The third-order valence-corrected chi connectivity index (χ3v) is 3.71. The molecule has 0 aromatic rings. The van der Waals surface area contributed by atoms with E-state index in [-0.39, 0.29) is 17.9 Å². The van der Waals surface area contributed by atoms with Crippen LogP contribution in [-0.4, -0.2) is 45.7 Å². The maximum atomic E-state index is 11.1. The zero-order valence-electron chi connectivity index (χ0n) is 11.5. The van der Waals surface area contributed by atoms with Crippen LogP contribution in [0.5, 0.6) is 0 Å². The number of sulfone groups is 1. The third kappa shape index (κ3) is 9.56. The lowest BCUT2D eigenvalue weighted by atomic mass is 10.1. The van der Waals surface area contributed by atoms with E-state index in [0.717, 1.165) is 19.4 Å². The highest BCUT2D eigenvalue weighted by Gasteiger charge is 2.17. The molecule has 0 bridgehead atoms. The Labute approximate surface area is 106 Å². The van der Waals surface area contributed by atoms with Crippen molar-refractivity contribution < 1.29 is 13.2 Å². The van der Waals surface area contributed by atoms with Crippen LogP contribution >= 0.6 is 0 Å². The highest BCUT2D eigenvalue weighted by molar-refractivity contribution is 7.90. The van der Waals surface area contributed by atoms with Crippen LogP contribution in [-0.2, 0) is 14.6 Å². The van der Waals surface area contributed by atoms with Crippen molar-refractivity contribution in [1.82, 2.24) is 5.32 Å². The Kier molecular flexibility index (Phi) is 8.82. The number of hydrogen-bond donors (Lipinski definition) is 1. The maximum Gasteiger partial charge on any atom is 0.147 e. The van der Waals surface area contributed by atoms with Gasteiger partial charge in [-0.3, -0.25) is 0 Å². The standard InChI is InChI=1S/C12H27NO3S/c1-5-9-13-12(11(3)16-6-2)8-7-10-17(4,14)15/h11-13H,5-10H2,1-4H3. The lowest BCUT2D eigenvalue weighted by molar-refractivity contribution is 0.0451. The minimum atomic E-state index is -2.85. The van der Waals surface area contributed by atoms with Crippen molar-refractivity contribution in [3.63, 3.8) is 0 Å². The minimum Gasteiger partial charge on any atom is -0.377 e. The fourth-order valence-electron chi connectivity index (χ4n) is 1.78. The molecular weight excluding hydrogens is 238 g/mol. The molecule has 0 aliphatic rings. The van der Waals surface area contributed by atoms with Gasteiger partial charge in [-0.15, -0.1) is 0 Å². The van der Waals surface area contributed by atoms with Crippen LogP contribution in [0.4, 0.5) is 0 Å². The van der Waals surface area contributed by atoms with Gasteiger partial charge in [0.15, 0.2) is 0 Å². The van der Waals surface area contributed by atoms with E-state index in [1.807, 2.05) is 13.8 Å². The molecule has 4 nitrogen and oxygen atoms in total. The van der Waals surface area contributed by atoms with Crippen molar-refractivity contribution in [2.24, 2.45) is 0 Å². The van der Waals surface area contributed by atoms with E-state index in [1.165, 1.54) is 6.26 Å². The van der Waals surface area contributed by atoms with Crippen molar-refractivity contribution in [3.05, 3.63) is 0 Å². The first kappa shape index (κ1) is 16.9. The molecule has 104 valence electrons. The van der Waals surface area contributed by atoms with Crippen molar-refractivity contribution in [1.29, 1.82) is 0 Å². The fourth-order valence-corrected chi connectivity index (χ4v) is 2.47. The van der Waals surface area contributed by atoms with E-state index in [1.54, 1.807) is 0 Å². The van der Waals surface area contributed by atoms with Gasteiger partial charge in [0.25, 0.3) is 0 Å². The molecule has 2 atom stereocenters. The summed E-state index contributed by atoms with van der Waals surface area (Å²) in [5.74, 6) is 0.260. The van der Waals surface area contributed by atoms with E-state index in [2.05, 4.69) is 12.2 Å². The summed E-state index contributed by atoms with van der Waals surface area (Å²) in [4.78, 5) is 0. The molecule has 0 amide bonds. The first-order valence-electron chi connectivity index (χ1n) is 6.43. The maximum absolute atomic E-state index is 11.1. The summed E-state index contributed by atoms with van der Waals surface area (Å²) in [6.45, 7) is 7.77. The SMILES string of the molecule is CCCNC(CCCS(C)(=O)=O)C(C)OCC. The number of rotatable bonds is 10. The summed E-state index contributed by atoms with van der Waals surface area (Å²) in [5.41, 5.74) is 0. The molecule has 0 saturated heterocycles. The van der Waals surface area contributed by atoms with Crippen LogP contribution in [0, 0.1) is 0 Å². The van der Waals surface area contributed by atoms with Gasteiger partial charge in [0.2, 0.25) is 0 Å². The Morgan fingerprint density at radius 3 is 2.41 bits per heavy atom. The number of nitrogens with one attached hydrogen (secondary N) is 1. The van der Waals surface area contributed by atoms with Crippen molar-refractivity contribution >= 4 is 9.84 Å². The van der Waals surface area contributed by atoms with Gasteiger partial charge in [0, 0.05) is 24.7 Å². The predicted molar refractivity (Wildman–Crippen MR) is 72.1 cm³/mol. The third-order valence-electron chi connectivity index (χ3n) is 2.68. The van der Waals surface area contributed by atoms with Crippen LogP contribution in [0.25, 0.3) is 0 Å². The molecule has 5 heteroatoms. The van der Waals surface area contributed by atoms with Gasteiger partial charge in [-0.2, -0.15) is 0 Å². The van der Waals surface area contributed by atoms with Crippen molar-refractivity contribution in [2.45, 2.75) is 52.2 Å². The summed E-state index contributed by atoms with van der Waals surface area (Å²) in [6.07, 6.45) is 4.02. The average Bonchev–Trinajstić information content (AvgIpc) is 2.21. The fraction of sp³-hybridized carbons (Fsp3) is 1.00. The second-order valence-electron chi connectivity index (χ2n) is 4.49. The smallest absolute Gasteiger partial charge is 0.147 e. The van der Waals surface area contributed by atoms with E-state index in [0.29, 0.717) is 13.0 Å². The monoisotopic (exact) mass is 265 g/mol. The minimum absolute atomic E-state index is 0.131. The van der Waals surface area contributed by atoms with Gasteiger partial charge < -0.3 is 10.1 Å². The highest BCUT2D eigenvalue weighted by atomic mass is 32.2. The zero-order chi connectivity index (χ0) is 13.3. The molecule has 0 fully saturated rings. The van der Waals surface area contributed by atoms with Crippen LogP contribution in [0.2, 0.25) is 0 Å². The molecule has 0 spiro atoms. The van der Waals surface area contributed by atoms with Gasteiger partial charge in [0.1, 0.15) is 9.84 Å². The van der Waals surface area contributed by atoms with E-state index >= 15 is 0 Å². The van der Waals surface area contributed by atoms with E-state index in [9.17, 15) is 8.42 Å². The van der Waals surface area contributed by atoms with Crippen LogP contribution in [0.15, 0.2) is 0 Å². The summed E-state index contributed by atoms with van der Waals surface area (Å²) in [5, 5.41) is 3.42. The Morgan fingerprint density at radius 1 is 1.29 bits per heavy atom. The molecule has 0 heterocycles. The van der Waals surface area contributed by atoms with Crippen molar-refractivity contribution in [3.8, 4) is 0 Å². The lowest BCUT2D eigenvalue weighted by Crippen LogP contribution is -2.40. The molecule has 1 N–H and O–H groups in total. The molecule has 0 rings (SSSR count). The normalized spacial score (nSPS) is 15.8. The van der Waals surface area contributed by atoms with Crippen molar-refractivity contribution in [2.75, 3.05) is 25.2 Å². The molecular formula is C12H27NO3S. The van der Waals surface area contributed by atoms with Crippen LogP contribution in [0.3, 0.4) is 0 Å². The molecule has 0 aliphatic heterocycles. The summed E-state index contributed by atoms with van der Waals surface area (Å²) < 4.78 is 27.7. The Morgan fingerprint density at radius 2 is 1.94 bits per heavy atom. The average molecular weight is 265 g/mol. The van der Waals surface area contributed by atoms with Gasteiger partial charge in [-0.25, -0.2) is 8.42 Å². The van der Waals surface area contributed by atoms with Crippen LogP contribution in [0.1, 0.15) is 40.0 Å². The molecule has 17 heavy (non-hydrogen) atoms. The molecule has 0 aromatic carbocycles. The van der Waals surface area contributed by atoms with Gasteiger partial charge >= 0.3 is 0 Å². The first-order valence-corrected chi connectivity index (χ1v) is 8.49. The number of hydrogen-bond acceptors (Lipinski definition) is 4. The predicted octanol–water partition coefficient (Wildman–Crippen LogP) is 1.60. The molecule has 0 aromatic heterocycles. The number of ether oxygens (including phenoxy) is 1. The molecule has 0 aliphatic carbocycles. The summed E-state index contributed by atoms with van der Waals surface area (Å²) in [6, 6.07) is 0.247. The van der Waals surface area contributed by atoms with Gasteiger partial charge in [0.05, 0.1) is 6.10 Å². The Bertz CT molecular complexity index is 277. The molecule has 0 saturated carbocycles. The summed E-state index contributed by atoms with van der Waals surface area (Å²) in [7, 11) is -2.85. The first-order chi connectivity index (χ1) is 7.90. The van der Waals surface area contributed by atoms with Gasteiger partial charge in [-0.05, 0) is 39.7 Å². The van der Waals surface area contributed by atoms with E-state index < -0.39 is 9.84 Å². The Balaban J connectivity index is 4.09. The highest BCUT2D eigenvalue weighted by Crippen LogP contribution is 2.07. The molecule has 0 radical (unpaired) electrons. The second-order valence-corrected chi connectivity index (χ2v) is 6.75. The largest absolute Gasteiger partial charge is 0.377 e.